The third-order valence-corrected chi connectivity index (χ3v) is 4.39. The summed E-state index contributed by atoms with van der Waals surface area (Å²) in [6, 6.07) is 11.5. The highest BCUT2D eigenvalue weighted by molar-refractivity contribution is 5.93. The molecule has 0 unspecified atom stereocenters. The van der Waals surface area contributed by atoms with Gasteiger partial charge in [-0.1, -0.05) is 12.1 Å². The zero-order valence-corrected chi connectivity index (χ0v) is 14.4. The van der Waals surface area contributed by atoms with Crippen LogP contribution in [0.5, 0.6) is 5.75 Å². The van der Waals surface area contributed by atoms with Crippen LogP contribution in [0.2, 0.25) is 0 Å². The number of methoxy groups -OCH3 is 1. The minimum Gasteiger partial charge on any atom is -0.497 e. The molecule has 0 radical (unpaired) electrons. The van der Waals surface area contributed by atoms with Gasteiger partial charge in [0, 0.05) is 37.6 Å². The van der Waals surface area contributed by atoms with Gasteiger partial charge in [0.25, 0.3) is 5.91 Å². The molecule has 1 saturated heterocycles. The summed E-state index contributed by atoms with van der Waals surface area (Å²) >= 11 is 0. The highest BCUT2D eigenvalue weighted by Gasteiger charge is 2.23. The predicted molar refractivity (Wildman–Crippen MR) is 94.7 cm³/mol. The highest BCUT2D eigenvalue weighted by Crippen LogP contribution is 2.23. The smallest absolute Gasteiger partial charge is 0.251 e. The van der Waals surface area contributed by atoms with Gasteiger partial charge in [-0.15, -0.1) is 0 Å². The number of aromatic nitrogens is 1. The number of pyridine rings is 1. The SMILES string of the molecule is COc1ccc([C@H](CNC(=O)c2ccncc2)N2CCOCC2)cc1. The van der Waals surface area contributed by atoms with Gasteiger partial charge in [0.05, 0.1) is 26.4 Å². The standard InChI is InChI=1S/C19H23N3O3/c1-24-17-4-2-15(3-5-17)18(22-10-12-25-13-11-22)14-21-19(23)16-6-8-20-9-7-16/h2-9,18H,10-14H2,1H3,(H,21,23)/t18-/m0/s1. The quantitative estimate of drug-likeness (QED) is 0.869. The molecule has 0 bridgehead atoms. The third-order valence-electron chi connectivity index (χ3n) is 4.39. The van der Waals surface area contributed by atoms with Gasteiger partial charge >= 0.3 is 0 Å². The molecule has 1 aliphatic rings. The number of nitrogens with zero attached hydrogens (tertiary/aromatic N) is 2. The van der Waals surface area contributed by atoms with Crippen molar-refractivity contribution in [3.63, 3.8) is 0 Å². The number of morpholine rings is 1. The van der Waals surface area contributed by atoms with Gasteiger partial charge in [-0.3, -0.25) is 14.7 Å². The summed E-state index contributed by atoms with van der Waals surface area (Å²) in [6.07, 6.45) is 3.25. The van der Waals surface area contributed by atoms with E-state index < -0.39 is 0 Å². The average Bonchev–Trinajstić information content (AvgIpc) is 2.70. The Morgan fingerprint density at radius 1 is 1.20 bits per heavy atom. The minimum absolute atomic E-state index is 0.0887. The van der Waals surface area contributed by atoms with E-state index in [2.05, 4.69) is 27.3 Å². The van der Waals surface area contributed by atoms with E-state index in [1.807, 2.05) is 12.1 Å². The van der Waals surface area contributed by atoms with E-state index in [4.69, 9.17) is 9.47 Å². The number of benzene rings is 1. The second-order valence-corrected chi connectivity index (χ2v) is 5.88. The molecule has 1 aromatic heterocycles. The molecule has 1 fully saturated rings. The summed E-state index contributed by atoms with van der Waals surface area (Å²) in [5, 5.41) is 3.04. The highest BCUT2D eigenvalue weighted by atomic mass is 16.5. The van der Waals surface area contributed by atoms with E-state index in [9.17, 15) is 4.79 Å². The van der Waals surface area contributed by atoms with Crippen molar-refractivity contribution in [2.75, 3.05) is 40.0 Å². The maximum atomic E-state index is 12.4. The van der Waals surface area contributed by atoms with Gasteiger partial charge in [-0.05, 0) is 29.8 Å². The van der Waals surface area contributed by atoms with Crippen LogP contribution in [0, 0.1) is 0 Å². The molecule has 6 heteroatoms. The molecule has 132 valence electrons. The van der Waals surface area contributed by atoms with E-state index in [1.54, 1.807) is 31.6 Å². The molecule has 1 amide bonds. The van der Waals surface area contributed by atoms with Crippen LogP contribution in [-0.4, -0.2) is 55.7 Å². The Kier molecular flexibility index (Phi) is 5.98. The average molecular weight is 341 g/mol. The predicted octanol–water partition coefficient (Wildman–Crippen LogP) is 1.89. The number of nitrogens with one attached hydrogen (secondary N) is 1. The molecule has 6 nitrogen and oxygen atoms in total. The summed E-state index contributed by atoms with van der Waals surface area (Å²) in [7, 11) is 1.66. The van der Waals surface area contributed by atoms with Gasteiger partial charge in [0.2, 0.25) is 0 Å². The first kappa shape index (κ1) is 17.4. The van der Waals surface area contributed by atoms with Gasteiger partial charge in [0.15, 0.2) is 0 Å². The molecule has 25 heavy (non-hydrogen) atoms. The Bertz CT molecular complexity index is 670. The molecule has 3 rings (SSSR count). The summed E-state index contributed by atoms with van der Waals surface area (Å²) in [6.45, 7) is 3.66. The molecule has 0 aliphatic carbocycles. The number of carbonyl (C=O) groups is 1. The minimum atomic E-state index is -0.0887. The van der Waals surface area contributed by atoms with E-state index in [1.165, 1.54) is 0 Å². The maximum Gasteiger partial charge on any atom is 0.251 e. The van der Waals surface area contributed by atoms with Crippen molar-refractivity contribution in [1.29, 1.82) is 0 Å². The van der Waals surface area contributed by atoms with Gasteiger partial charge in [-0.25, -0.2) is 0 Å². The fraction of sp³-hybridized carbons (Fsp3) is 0.368. The number of rotatable bonds is 6. The molecule has 2 heterocycles. The lowest BCUT2D eigenvalue weighted by molar-refractivity contribution is 0.0162. The number of carbonyl (C=O) groups excluding carboxylic acids is 1. The Morgan fingerprint density at radius 2 is 1.88 bits per heavy atom. The number of hydrogen-bond donors (Lipinski definition) is 1. The van der Waals surface area contributed by atoms with Crippen LogP contribution >= 0.6 is 0 Å². The van der Waals surface area contributed by atoms with Gasteiger partial charge in [-0.2, -0.15) is 0 Å². The zero-order chi connectivity index (χ0) is 17.5. The lowest BCUT2D eigenvalue weighted by atomic mass is 10.0. The summed E-state index contributed by atoms with van der Waals surface area (Å²) in [5.41, 5.74) is 1.77. The van der Waals surface area contributed by atoms with Crippen LogP contribution in [0.1, 0.15) is 22.0 Å². The van der Waals surface area contributed by atoms with Crippen molar-refractivity contribution in [3.8, 4) is 5.75 Å². The fourth-order valence-electron chi connectivity index (χ4n) is 2.97. The Morgan fingerprint density at radius 3 is 2.52 bits per heavy atom. The second-order valence-electron chi connectivity index (χ2n) is 5.88. The largest absolute Gasteiger partial charge is 0.497 e. The number of hydrogen-bond acceptors (Lipinski definition) is 5. The van der Waals surface area contributed by atoms with Crippen molar-refractivity contribution in [2.45, 2.75) is 6.04 Å². The summed E-state index contributed by atoms with van der Waals surface area (Å²) in [4.78, 5) is 18.7. The van der Waals surface area contributed by atoms with Gasteiger partial charge < -0.3 is 14.8 Å². The lowest BCUT2D eigenvalue weighted by Crippen LogP contribution is -2.43. The molecular weight excluding hydrogens is 318 g/mol. The van der Waals surface area contributed by atoms with Crippen LogP contribution in [0.3, 0.4) is 0 Å². The normalized spacial score (nSPS) is 16.2. The van der Waals surface area contributed by atoms with Crippen molar-refractivity contribution in [3.05, 3.63) is 59.9 Å². The summed E-state index contributed by atoms with van der Waals surface area (Å²) < 4.78 is 10.7. The van der Waals surface area contributed by atoms with Gasteiger partial charge in [0.1, 0.15) is 5.75 Å². The first-order chi connectivity index (χ1) is 12.3. The maximum absolute atomic E-state index is 12.4. The lowest BCUT2D eigenvalue weighted by Gasteiger charge is -2.35. The summed E-state index contributed by atoms with van der Waals surface area (Å²) in [5.74, 6) is 0.736. The van der Waals surface area contributed by atoms with Crippen molar-refractivity contribution in [2.24, 2.45) is 0 Å². The van der Waals surface area contributed by atoms with Crippen LogP contribution in [-0.2, 0) is 4.74 Å². The molecule has 0 spiro atoms. The molecule has 2 aromatic rings. The molecule has 1 aromatic carbocycles. The van der Waals surface area contributed by atoms with Crippen LogP contribution < -0.4 is 10.1 Å². The second kappa shape index (κ2) is 8.60. The van der Waals surface area contributed by atoms with Crippen LogP contribution in [0.4, 0.5) is 0 Å². The third kappa shape index (κ3) is 4.55. The zero-order valence-electron chi connectivity index (χ0n) is 14.4. The van der Waals surface area contributed by atoms with Crippen LogP contribution in [0.25, 0.3) is 0 Å². The van der Waals surface area contributed by atoms with E-state index in [0.29, 0.717) is 25.3 Å². The number of amides is 1. The van der Waals surface area contributed by atoms with E-state index in [-0.39, 0.29) is 11.9 Å². The first-order valence-electron chi connectivity index (χ1n) is 8.42. The van der Waals surface area contributed by atoms with Crippen molar-refractivity contribution >= 4 is 5.91 Å². The fourth-order valence-corrected chi connectivity index (χ4v) is 2.97. The van der Waals surface area contributed by atoms with E-state index >= 15 is 0 Å². The topological polar surface area (TPSA) is 63.7 Å². The van der Waals surface area contributed by atoms with E-state index in [0.717, 1.165) is 24.4 Å². The monoisotopic (exact) mass is 341 g/mol. The Hall–Kier alpha value is -2.44. The Labute approximate surface area is 147 Å². The van der Waals surface area contributed by atoms with Crippen molar-refractivity contribution < 1.29 is 14.3 Å². The molecule has 1 N–H and O–H groups in total. The van der Waals surface area contributed by atoms with Crippen molar-refractivity contribution in [1.82, 2.24) is 15.2 Å². The molecule has 0 saturated carbocycles. The molecular formula is C19H23N3O3. The molecule has 1 atom stereocenters. The molecule has 1 aliphatic heterocycles. The van der Waals surface area contributed by atoms with Crippen LogP contribution in [0.15, 0.2) is 48.8 Å². The first-order valence-corrected chi connectivity index (χ1v) is 8.42. The Balaban J connectivity index is 1.72. The number of ether oxygens (including phenoxy) is 2.